The summed E-state index contributed by atoms with van der Waals surface area (Å²) in [5.74, 6) is 0. The molecule has 0 aromatic heterocycles. The summed E-state index contributed by atoms with van der Waals surface area (Å²) < 4.78 is 5.50. The largest absolute Gasteiger partial charge is 0.380 e. The Morgan fingerprint density at radius 2 is 2.00 bits per heavy atom. The molecule has 2 heterocycles. The van der Waals surface area contributed by atoms with Crippen LogP contribution in [0.3, 0.4) is 0 Å². The van der Waals surface area contributed by atoms with Crippen LogP contribution in [0, 0.1) is 0 Å². The van der Waals surface area contributed by atoms with Gasteiger partial charge in [-0.25, -0.2) is 0 Å². The summed E-state index contributed by atoms with van der Waals surface area (Å²) in [5, 5.41) is 0. The fourth-order valence-electron chi connectivity index (χ4n) is 3.22. The maximum Gasteiger partial charge on any atom is 0.0713 e. The molecule has 0 radical (unpaired) electrons. The van der Waals surface area contributed by atoms with Gasteiger partial charge >= 0.3 is 0 Å². The molecule has 0 saturated carbocycles. The van der Waals surface area contributed by atoms with E-state index in [2.05, 4.69) is 40.1 Å². The van der Waals surface area contributed by atoms with Gasteiger partial charge in [-0.1, -0.05) is 30.3 Å². The minimum atomic E-state index is 0.451. The van der Waals surface area contributed by atoms with E-state index >= 15 is 0 Å². The molecule has 2 fully saturated rings. The number of hydrogen-bond acceptors (Lipinski definition) is 3. The van der Waals surface area contributed by atoms with Crippen LogP contribution < -0.4 is 0 Å². The highest BCUT2D eigenvalue weighted by atomic mass is 16.5. The van der Waals surface area contributed by atoms with Gasteiger partial charge in [0.1, 0.15) is 0 Å². The summed E-state index contributed by atoms with van der Waals surface area (Å²) in [6.07, 6.45) is 1.65. The second kappa shape index (κ2) is 5.39. The molecule has 1 aromatic carbocycles. The van der Waals surface area contributed by atoms with Gasteiger partial charge in [0.15, 0.2) is 0 Å². The predicted octanol–water partition coefficient (Wildman–Crippen LogP) is 1.59. The van der Waals surface area contributed by atoms with Crippen molar-refractivity contribution in [1.29, 1.82) is 0 Å². The third-order valence-corrected chi connectivity index (χ3v) is 4.24. The normalized spacial score (nSPS) is 29.4. The summed E-state index contributed by atoms with van der Waals surface area (Å²) in [6.45, 7) is 5.77. The molecule has 3 nitrogen and oxygen atoms in total. The molecule has 3 heteroatoms. The summed E-state index contributed by atoms with van der Waals surface area (Å²) in [6, 6.07) is 11.5. The van der Waals surface area contributed by atoms with Gasteiger partial charge in [-0.2, -0.15) is 0 Å². The number of methoxy groups -OCH3 is 1. The van der Waals surface area contributed by atoms with Crippen LogP contribution >= 0.6 is 0 Å². The Balaban J connectivity index is 1.58. The Hall–Kier alpha value is -0.900. The van der Waals surface area contributed by atoms with Crippen molar-refractivity contribution in [1.82, 2.24) is 9.80 Å². The maximum absolute atomic E-state index is 5.50. The van der Waals surface area contributed by atoms with Crippen molar-refractivity contribution >= 4 is 0 Å². The number of rotatable bonds is 3. The number of piperazine rings is 1. The zero-order valence-corrected chi connectivity index (χ0v) is 11.1. The van der Waals surface area contributed by atoms with Crippen molar-refractivity contribution in [2.75, 3.05) is 33.3 Å². The maximum atomic E-state index is 5.50. The topological polar surface area (TPSA) is 15.7 Å². The summed E-state index contributed by atoms with van der Waals surface area (Å²) in [5.41, 5.74) is 1.42. The number of ether oxygens (including phenoxy) is 1. The van der Waals surface area contributed by atoms with E-state index in [9.17, 15) is 0 Å². The van der Waals surface area contributed by atoms with E-state index in [0.717, 1.165) is 13.1 Å². The van der Waals surface area contributed by atoms with Gasteiger partial charge in [0, 0.05) is 45.9 Å². The van der Waals surface area contributed by atoms with E-state index in [-0.39, 0.29) is 0 Å². The van der Waals surface area contributed by atoms with Crippen molar-refractivity contribution in [3.63, 3.8) is 0 Å². The first-order valence-electron chi connectivity index (χ1n) is 6.88. The average molecular weight is 246 g/mol. The highest BCUT2D eigenvalue weighted by Gasteiger charge is 2.35. The average Bonchev–Trinajstić information content (AvgIpc) is 2.82. The lowest BCUT2D eigenvalue weighted by Gasteiger charge is -2.37. The monoisotopic (exact) mass is 246 g/mol. The zero-order chi connectivity index (χ0) is 12.4. The first-order chi connectivity index (χ1) is 8.85. The Morgan fingerprint density at radius 1 is 1.17 bits per heavy atom. The van der Waals surface area contributed by atoms with Crippen molar-refractivity contribution in [2.45, 2.75) is 25.1 Å². The van der Waals surface area contributed by atoms with Crippen LogP contribution in [-0.2, 0) is 11.3 Å². The van der Waals surface area contributed by atoms with Gasteiger partial charge in [-0.3, -0.25) is 9.80 Å². The van der Waals surface area contributed by atoms with Crippen LogP contribution in [0.25, 0.3) is 0 Å². The predicted molar refractivity (Wildman–Crippen MR) is 72.5 cm³/mol. The summed E-state index contributed by atoms with van der Waals surface area (Å²) in [7, 11) is 1.84. The van der Waals surface area contributed by atoms with E-state index in [0.29, 0.717) is 12.1 Å². The Labute approximate surface area is 109 Å². The van der Waals surface area contributed by atoms with Crippen LogP contribution in [0.4, 0.5) is 0 Å². The van der Waals surface area contributed by atoms with Crippen molar-refractivity contribution < 1.29 is 4.74 Å². The second-order valence-corrected chi connectivity index (χ2v) is 5.46. The van der Waals surface area contributed by atoms with E-state index < -0.39 is 0 Å². The van der Waals surface area contributed by atoms with Gasteiger partial charge in [-0.05, 0) is 12.0 Å². The van der Waals surface area contributed by atoms with Crippen molar-refractivity contribution in [3.05, 3.63) is 35.9 Å². The van der Waals surface area contributed by atoms with Crippen molar-refractivity contribution in [2.24, 2.45) is 0 Å². The molecule has 0 unspecified atom stereocenters. The van der Waals surface area contributed by atoms with E-state index in [1.54, 1.807) is 0 Å². The van der Waals surface area contributed by atoms with E-state index in [1.807, 2.05) is 7.11 Å². The molecule has 2 aliphatic rings. The molecule has 98 valence electrons. The third kappa shape index (κ3) is 2.58. The Bertz CT molecular complexity index is 381. The highest BCUT2D eigenvalue weighted by Crippen LogP contribution is 2.24. The molecule has 2 saturated heterocycles. The van der Waals surface area contributed by atoms with Crippen LogP contribution in [-0.4, -0.2) is 55.2 Å². The first-order valence-corrected chi connectivity index (χ1v) is 6.88. The Kier molecular flexibility index (Phi) is 3.64. The quantitative estimate of drug-likeness (QED) is 0.805. The molecule has 0 amide bonds. The van der Waals surface area contributed by atoms with Gasteiger partial charge in [0.2, 0.25) is 0 Å². The highest BCUT2D eigenvalue weighted by molar-refractivity contribution is 5.14. The van der Waals surface area contributed by atoms with Crippen LogP contribution in [0.2, 0.25) is 0 Å². The van der Waals surface area contributed by atoms with Gasteiger partial charge < -0.3 is 4.74 Å². The van der Waals surface area contributed by atoms with Crippen LogP contribution in [0.5, 0.6) is 0 Å². The molecular weight excluding hydrogens is 224 g/mol. The van der Waals surface area contributed by atoms with E-state index in [4.69, 9.17) is 4.74 Å². The number of fused-ring (bicyclic) bond motifs is 1. The Morgan fingerprint density at radius 3 is 2.78 bits per heavy atom. The lowest BCUT2D eigenvalue weighted by molar-refractivity contribution is 0.0908. The number of nitrogens with zero attached hydrogens (tertiary/aromatic N) is 2. The minimum absolute atomic E-state index is 0.451. The molecule has 0 N–H and O–H groups in total. The number of hydrogen-bond donors (Lipinski definition) is 0. The molecule has 0 aliphatic carbocycles. The first kappa shape index (κ1) is 12.2. The number of benzene rings is 1. The van der Waals surface area contributed by atoms with Crippen molar-refractivity contribution in [3.8, 4) is 0 Å². The smallest absolute Gasteiger partial charge is 0.0713 e. The zero-order valence-electron chi connectivity index (χ0n) is 11.1. The SMILES string of the molecule is CO[C@@H]1C[C@@H]2CN(Cc3ccccc3)CCN2C1. The molecule has 1 aromatic rings. The molecule has 2 atom stereocenters. The molecular formula is C15H22N2O. The van der Waals surface area contributed by atoms with Gasteiger partial charge in [0.25, 0.3) is 0 Å². The van der Waals surface area contributed by atoms with Crippen LogP contribution in [0.15, 0.2) is 30.3 Å². The third-order valence-electron chi connectivity index (χ3n) is 4.24. The summed E-state index contributed by atoms with van der Waals surface area (Å²) in [4.78, 5) is 5.17. The fraction of sp³-hybridized carbons (Fsp3) is 0.600. The second-order valence-electron chi connectivity index (χ2n) is 5.46. The molecule has 2 aliphatic heterocycles. The van der Waals surface area contributed by atoms with Crippen LogP contribution in [0.1, 0.15) is 12.0 Å². The lowest BCUT2D eigenvalue weighted by atomic mass is 10.1. The molecule has 0 bridgehead atoms. The molecule has 3 rings (SSSR count). The van der Waals surface area contributed by atoms with E-state index in [1.165, 1.54) is 31.6 Å². The fourth-order valence-corrected chi connectivity index (χ4v) is 3.22. The minimum Gasteiger partial charge on any atom is -0.380 e. The molecule has 0 spiro atoms. The standard InChI is InChI=1S/C15H22N2O/c1-18-15-9-14-11-16(7-8-17(14)12-15)10-13-5-3-2-4-6-13/h2-6,14-15H,7-12H2,1H3/t14-,15-/m1/s1. The van der Waals surface area contributed by atoms with Gasteiger partial charge in [0.05, 0.1) is 6.10 Å². The molecule has 18 heavy (non-hydrogen) atoms. The lowest BCUT2D eigenvalue weighted by Crippen LogP contribution is -2.49. The van der Waals surface area contributed by atoms with Gasteiger partial charge in [-0.15, -0.1) is 0 Å². The summed E-state index contributed by atoms with van der Waals surface area (Å²) >= 11 is 0.